The Morgan fingerprint density at radius 2 is 1.95 bits per heavy atom. The van der Waals surface area contributed by atoms with Crippen molar-refractivity contribution in [2.24, 2.45) is 0 Å². The van der Waals surface area contributed by atoms with Crippen LogP contribution < -0.4 is 5.32 Å². The second-order valence-corrected chi connectivity index (χ2v) is 4.51. The lowest BCUT2D eigenvalue weighted by atomic mass is 10.1. The highest BCUT2D eigenvalue weighted by Crippen LogP contribution is 2.11. The van der Waals surface area contributed by atoms with Gasteiger partial charge in [-0.05, 0) is 24.1 Å². The predicted octanol–water partition coefficient (Wildman–Crippen LogP) is 2.75. The monoisotopic (exact) mass is 283 g/mol. The van der Waals surface area contributed by atoms with Crippen LogP contribution in [0.25, 0.3) is 0 Å². The van der Waals surface area contributed by atoms with Crippen LogP contribution in [0.15, 0.2) is 24.3 Å². The van der Waals surface area contributed by atoms with Crippen LogP contribution in [-0.2, 0) is 20.7 Å². The molecular weight excluding hydrogens is 266 g/mol. The van der Waals surface area contributed by atoms with Gasteiger partial charge >= 0.3 is 5.97 Å². The van der Waals surface area contributed by atoms with E-state index in [1.54, 1.807) is 0 Å². The molecule has 1 amide bonds. The van der Waals surface area contributed by atoms with Crippen LogP contribution in [0.2, 0.25) is 0 Å². The van der Waals surface area contributed by atoms with Crippen molar-refractivity contribution in [2.75, 3.05) is 17.8 Å². The van der Waals surface area contributed by atoms with Gasteiger partial charge in [0, 0.05) is 31.3 Å². The molecule has 0 fully saturated rings. The first-order valence-electron chi connectivity index (χ1n) is 6.20. The Balaban J connectivity index is 2.38. The maximum atomic E-state index is 11.5. The Morgan fingerprint density at radius 3 is 2.53 bits per heavy atom. The lowest BCUT2D eigenvalue weighted by Gasteiger charge is -2.06. The number of carbonyl (C=O) groups excluding carboxylic acids is 2. The lowest BCUT2D eigenvalue weighted by molar-refractivity contribution is -0.140. The van der Waals surface area contributed by atoms with Gasteiger partial charge in [-0.15, -0.1) is 11.6 Å². The molecule has 0 bridgehead atoms. The predicted molar refractivity (Wildman–Crippen MR) is 75.4 cm³/mol. The summed E-state index contributed by atoms with van der Waals surface area (Å²) in [4.78, 5) is 22.1. The summed E-state index contributed by atoms with van der Waals surface area (Å²) in [5.74, 6) is 0.180. The molecular formula is C14H18ClNO3. The zero-order chi connectivity index (χ0) is 14.1. The maximum Gasteiger partial charge on any atom is 0.302 e. The van der Waals surface area contributed by atoms with Crippen LogP contribution in [0.4, 0.5) is 5.69 Å². The van der Waals surface area contributed by atoms with E-state index in [9.17, 15) is 9.59 Å². The van der Waals surface area contributed by atoms with Crippen LogP contribution in [0, 0.1) is 0 Å². The van der Waals surface area contributed by atoms with E-state index in [-0.39, 0.29) is 11.9 Å². The second-order valence-electron chi connectivity index (χ2n) is 4.13. The fraction of sp³-hybridized carbons (Fsp3) is 0.429. The van der Waals surface area contributed by atoms with Crippen molar-refractivity contribution in [3.05, 3.63) is 29.8 Å². The van der Waals surface area contributed by atoms with Crippen molar-refractivity contribution in [1.82, 2.24) is 0 Å². The van der Waals surface area contributed by atoms with Crippen LogP contribution in [-0.4, -0.2) is 24.4 Å². The fourth-order valence-electron chi connectivity index (χ4n) is 1.52. The van der Waals surface area contributed by atoms with E-state index < -0.39 is 0 Å². The van der Waals surface area contributed by atoms with Crippen molar-refractivity contribution in [2.45, 2.75) is 26.2 Å². The molecule has 1 N–H and O–H groups in total. The number of nitrogens with one attached hydrogen (secondary N) is 1. The maximum absolute atomic E-state index is 11.5. The summed E-state index contributed by atoms with van der Waals surface area (Å²) in [5.41, 5.74) is 1.82. The minimum absolute atomic E-state index is 0.0340. The number of esters is 1. The van der Waals surface area contributed by atoms with E-state index in [2.05, 4.69) is 5.32 Å². The van der Waals surface area contributed by atoms with Crippen molar-refractivity contribution in [3.63, 3.8) is 0 Å². The molecule has 0 aliphatic heterocycles. The SMILES string of the molecule is CC(=O)OCCc1ccc(NC(=O)CCCCl)cc1. The molecule has 0 aromatic heterocycles. The van der Waals surface area contributed by atoms with Crippen LogP contribution in [0.5, 0.6) is 0 Å². The topological polar surface area (TPSA) is 55.4 Å². The molecule has 104 valence electrons. The largest absolute Gasteiger partial charge is 0.466 e. The van der Waals surface area contributed by atoms with Gasteiger partial charge in [0.05, 0.1) is 6.61 Å². The zero-order valence-corrected chi connectivity index (χ0v) is 11.7. The number of ether oxygens (including phenoxy) is 1. The molecule has 0 heterocycles. The number of anilines is 1. The zero-order valence-electron chi connectivity index (χ0n) is 10.9. The number of rotatable bonds is 7. The molecule has 0 radical (unpaired) electrons. The summed E-state index contributed by atoms with van der Waals surface area (Å²) in [6.45, 7) is 1.76. The van der Waals surface area contributed by atoms with Gasteiger partial charge in [0.15, 0.2) is 0 Å². The number of carbonyl (C=O) groups is 2. The quantitative estimate of drug-likeness (QED) is 0.618. The normalized spacial score (nSPS) is 10.0. The Morgan fingerprint density at radius 1 is 1.26 bits per heavy atom. The van der Waals surface area contributed by atoms with Gasteiger partial charge in [-0.3, -0.25) is 9.59 Å². The molecule has 0 atom stereocenters. The third-order valence-corrected chi connectivity index (χ3v) is 2.74. The number of amides is 1. The molecule has 0 saturated heterocycles. The summed E-state index contributed by atoms with van der Waals surface area (Å²) in [5, 5.41) is 2.80. The minimum atomic E-state index is -0.275. The van der Waals surface area contributed by atoms with Gasteiger partial charge in [-0.2, -0.15) is 0 Å². The standard InChI is InChI=1S/C14H18ClNO3/c1-11(17)19-10-8-12-4-6-13(7-5-12)16-14(18)3-2-9-15/h4-7H,2-3,8-10H2,1H3,(H,16,18). The molecule has 1 rings (SSSR count). The fourth-order valence-corrected chi connectivity index (χ4v) is 1.65. The Hall–Kier alpha value is -1.55. The van der Waals surface area contributed by atoms with E-state index in [0.717, 1.165) is 11.3 Å². The highest BCUT2D eigenvalue weighted by molar-refractivity contribution is 6.18. The summed E-state index contributed by atoms with van der Waals surface area (Å²) in [7, 11) is 0. The van der Waals surface area contributed by atoms with Crippen LogP contribution in [0.3, 0.4) is 0 Å². The van der Waals surface area contributed by atoms with Gasteiger partial charge in [-0.25, -0.2) is 0 Å². The first-order chi connectivity index (χ1) is 9.11. The average molecular weight is 284 g/mol. The Bertz CT molecular complexity index is 417. The molecule has 0 aliphatic carbocycles. The molecule has 5 heteroatoms. The molecule has 0 aliphatic rings. The van der Waals surface area contributed by atoms with Crippen molar-refractivity contribution < 1.29 is 14.3 Å². The van der Waals surface area contributed by atoms with Gasteiger partial charge in [0.2, 0.25) is 5.91 Å². The van der Waals surface area contributed by atoms with Crippen LogP contribution >= 0.6 is 11.6 Å². The van der Waals surface area contributed by atoms with Gasteiger partial charge in [-0.1, -0.05) is 12.1 Å². The van der Waals surface area contributed by atoms with Gasteiger partial charge in [0.25, 0.3) is 0 Å². The van der Waals surface area contributed by atoms with Crippen molar-refractivity contribution in [3.8, 4) is 0 Å². The van der Waals surface area contributed by atoms with E-state index in [1.165, 1.54) is 6.92 Å². The summed E-state index contributed by atoms with van der Waals surface area (Å²) in [6, 6.07) is 7.48. The molecule has 19 heavy (non-hydrogen) atoms. The first kappa shape index (κ1) is 15.5. The van der Waals surface area contributed by atoms with E-state index in [1.807, 2.05) is 24.3 Å². The average Bonchev–Trinajstić information content (AvgIpc) is 2.38. The molecule has 0 unspecified atom stereocenters. The third-order valence-electron chi connectivity index (χ3n) is 2.47. The molecule has 1 aromatic rings. The number of halogens is 1. The van der Waals surface area contributed by atoms with Crippen molar-refractivity contribution >= 4 is 29.2 Å². The van der Waals surface area contributed by atoms with E-state index >= 15 is 0 Å². The molecule has 1 aromatic carbocycles. The van der Waals surface area contributed by atoms with E-state index in [0.29, 0.717) is 31.7 Å². The van der Waals surface area contributed by atoms with Gasteiger partial charge in [0.1, 0.15) is 0 Å². The highest BCUT2D eigenvalue weighted by Gasteiger charge is 2.02. The minimum Gasteiger partial charge on any atom is -0.466 e. The summed E-state index contributed by atoms with van der Waals surface area (Å²) >= 11 is 5.52. The Kier molecular flexibility index (Phi) is 6.97. The lowest BCUT2D eigenvalue weighted by Crippen LogP contribution is -2.11. The number of alkyl halides is 1. The highest BCUT2D eigenvalue weighted by atomic mass is 35.5. The van der Waals surface area contributed by atoms with Crippen LogP contribution in [0.1, 0.15) is 25.3 Å². The number of benzene rings is 1. The summed E-state index contributed by atoms with van der Waals surface area (Å²) in [6.07, 6.45) is 1.77. The van der Waals surface area contributed by atoms with Crippen molar-refractivity contribution in [1.29, 1.82) is 0 Å². The molecule has 0 spiro atoms. The summed E-state index contributed by atoms with van der Waals surface area (Å²) < 4.78 is 4.86. The van der Waals surface area contributed by atoms with E-state index in [4.69, 9.17) is 16.3 Å². The number of hydrogen-bond donors (Lipinski definition) is 1. The molecule has 4 nitrogen and oxygen atoms in total. The Labute approximate surface area is 118 Å². The third kappa shape index (κ3) is 6.82. The van der Waals surface area contributed by atoms with Gasteiger partial charge < -0.3 is 10.1 Å². The first-order valence-corrected chi connectivity index (χ1v) is 6.73. The molecule has 0 saturated carbocycles. The smallest absolute Gasteiger partial charge is 0.302 e. The number of hydrogen-bond acceptors (Lipinski definition) is 3. The second kappa shape index (κ2) is 8.53.